The first-order valence-corrected chi connectivity index (χ1v) is 7.32. The Hall–Kier alpha value is -0.900. The third kappa shape index (κ3) is 3.78. The van der Waals surface area contributed by atoms with Gasteiger partial charge < -0.3 is 11.1 Å². The van der Waals surface area contributed by atoms with Gasteiger partial charge in [-0.1, -0.05) is 38.1 Å². The van der Waals surface area contributed by atoms with Crippen LogP contribution in [-0.2, 0) is 6.42 Å². The van der Waals surface area contributed by atoms with Gasteiger partial charge in [0.25, 0.3) is 0 Å². The number of rotatable bonds is 4. The number of hydrogen-bond acceptors (Lipinski definition) is 3. The molecule has 0 bridgehead atoms. The van der Waals surface area contributed by atoms with Gasteiger partial charge in [-0.25, -0.2) is 0 Å². The Morgan fingerprint density at radius 2 is 1.79 bits per heavy atom. The van der Waals surface area contributed by atoms with Gasteiger partial charge in [0, 0.05) is 32.6 Å². The standard InChI is InChI=1S/C16H27N3/c1-13(2)15-6-4-14(5-7-15)12-16(3,17)19-10-8-18-9-11-19/h4-7,13,18H,8-12,17H2,1-3H3. The highest BCUT2D eigenvalue weighted by Gasteiger charge is 2.28. The summed E-state index contributed by atoms with van der Waals surface area (Å²) in [6.07, 6.45) is 0.908. The van der Waals surface area contributed by atoms with Gasteiger partial charge in [-0.3, -0.25) is 4.90 Å². The lowest BCUT2D eigenvalue weighted by Crippen LogP contribution is -2.60. The Kier molecular flexibility index (Phi) is 4.61. The van der Waals surface area contributed by atoms with Crippen molar-refractivity contribution in [1.29, 1.82) is 0 Å². The molecular weight excluding hydrogens is 234 g/mol. The quantitative estimate of drug-likeness (QED) is 0.870. The van der Waals surface area contributed by atoms with Crippen LogP contribution in [0, 0.1) is 0 Å². The molecule has 0 saturated carbocycles. The number of benzene rings is 1. The maximum absolute atomic E-state index is 6.52. The molecule has 1 atom stereocenters. The van der Waals surface area contributed by atoms with Gasteiger partial charge in [0.1, 0.15) is 0 Å². The minimum atomic E-state index is -0.249. The molecule has 0 radical (unpaired) electrons. The third-order valence-electron chi connectivity index (χ3n) is 4.05. The molecule has 1 aliphatic heterocycles. The summed E-state index contributed by atoms with van der Waals surface area (Å²) in [4.78, 5) is 2.39. The molecule has 1 aliphatic rings. The smallest absolute Gasteiger partial charge is 0.0700 e. The topological polar surface area (TPSA) is 41.3 Å². The summed E-state index contributed by atoms with van der Waals surface area (Å²) < 4.78 is 0. The summed E-state index contributed by atoms with van der Waals surface area (Å²) in [7, 11) is 0. The summed E-state index contributed by atoms with van der Waals surface area (Å²) in [5.74, 6) is 0.589. The summed E-state index contributed by atoms with van der Waals surface area (Å²) >= 11 is 0. The van der Waals surface area contributed by atoms with E-state index in [4.69, 9.17) is 5.73 Å². The molecule has 0 spiro atoms. The molecule has 3 N–H and O–H groups in total. The largest absolute Gasteiger partial charge is 0.314 e. The zero-order valence-corrected chi connectivity index (χ0v) is 12.4. The van der Waals surface area contributed by atoms with E-state index in [9.17, 15) is 0 Å². The molecule has 106 valence electrons. The Morgan fingerprint density at radius 1 is 1.21 bits per heavy atom. The molecule has 3 nitrogen and oxygen atoms in total. The second-order valence-electron chi connectivity index (χ2n) is 6.17. The van der Waals surface area contributed by atoms with E-state index in [1.54, 1.807) is 0 Å². The van der Waals surface area contributed by atoms with Crippen LogP contribution in [0.5, 0.6) is 0 Å². The van der Waals surface area contributed by atoms with Crippen LogP contribution in [0.3, 0.4) is 0 Å². The van der Waals surface area contributed by atoms with Crippen LogP contribution in [0.1, 0.15) is 37.8 Å². The molecule has 1 aromatic rings. The molecule has 3 heteroatoms. The Balaban J connectivity index is 2.02. The second-order valence-corrected chi connectivity index (χ2v) is 6.17. The van der Waals surface area contributed by atoms with Crippen LogP contribution in [0.4, 0.5) is 0 Å². The first kappa shape index (κ1) is 14.5. The Morgan fingerprint density at radius 3 is 2.32 bits per heavy atom. The summed E-state index contributed by atoms with van der Waals surface area (Å²) in [5, 5.41) is 3.37. The van der Waals surface area contributed by atoms with Crippen molar-refractivity contribution in [2.24, 2.45) is 5.73 Å². The van der Waals surface area contributed by atoms with Gasteiger partial charge in [0.2, 0.25) is 0 Å². The molecule has 0 aromatic heterocycles. The van der Waals surface area contributed by atoms with Crippen molar-refractivity contribution in [2.75, 3.05) is 26.2 Å². The SMILES string of the molecule is CC(C)c1ccc(CC(C)(N)N2CCNCC2)cc1. The molecule has 1 heterocycles. The van der Waals surface area contributed by atoms with Crippen LogP contribution in [0.15, 0.2) is 24.3 Å². The zero-order chi connectivity index (χ0) is 13.9. The van der Waals surface area contributed by atoms with E-state index in [0.29, 0.717) is 5.92 Å². The predicted octanol–water partition coefficient (Wildman–Crippen LogP) is 1.93. The fourth-order valence-electron chi connectivity index (χ4n) is 2.72. The molecule has 1 unspecified atom stereocenters. The molecular formula is C16H27N3. The van der Waals surface area contributed by atoms with Gasteiger partial charge in [-0.05, 0) is 24.0 Å². The molecule has 1 saturated heterocycles. The number of piperazine rings is 1. The maximum Gasteiger partial charge on any atom is 0.0700 e. The van der Waals surface area contributed by atoms with Gasteiger partial charge in [-0.2, -0.15) is 0 Å². The fourth-order valence-corrected chi connectivity index (χ4v) is 2.72. The van der Waals surface area contributed by atoms with Gasteiger partial charge in [0.05, 0.1) is 5.66 Å². The number of nitrogens with one attached hydrogen (secondary N) is 1. The van der Waals surface area contributed by atoms with Crippen molar-refractivity contribution < 1.29 is 0 Å². The van der Waals surface area contributed by atoms with E-state index in [0.717, 1.165) is 32.6 Å². The molecule has 0 aliphatic carbocycles. The van der Waals surface area contributed by atoms with Crippen molar-refractivity contribution >= 4 is 0 Å². The van der Waals surface area contributed by atoms with E-state index in [1.165, 1.54) is 11.1 Å². The number of nitrogens with two attached hydrogens (primary N) is 1. The van der Waals surface area contributed by atoms with Crippen molar-refractivity contribution in [2.45, 2.75) is 38.8 Å². The Bertz CT molecular complexity index is 389. The predicted molar refractivity (Wildman–Crippen MR) is 81.3 cm³/mol. The minimum Gasteiger partial charge on any atom is -0.314 e. The first-order chi connectivity index (χ1) is 8.99. The number of hydrogen-bond donors (Lipinski definition) is 2. The fraction of sp³-hybridized carbons (Fsp3) is 0.625. The highest BCUT2D eigenvalue weighted by Crippen LogP contribution is 2.19. The van der Waals surface area contributed by atoms with E-state index >= 15 is 0 Å². The first-order valence-electron chi connectivity index (χ1n) is 7.32. The van der Waals surface area contributed by atoms with E-state index in [2.05, 4.69) is 55.3 Å². The van der Waals surface area contributed by atoms with E-state index in [-0.39, 0.29) is 5.66 Å². The summed E-state index contributed by atoms with van der Waals surface area (Å²) in [6.45, 7) is 10.8. The average molecular weight is 261 g/mol. The van der Waals surface area contributed by atoms with Crippen molar-refractivity contribution in [3.63, 3.8) is 0 Å². The highest BCUT2D eigenvalue weighted by molar-refractivity contribution is 5.25. The van der Waals surface area contributed by atoms with E-state index < -0.39 is 0 Å². The lowest BCUT2D eigenvalue weighted by atomic mass is 9.96. The molecule has 2 rings (SSSR count). The highest BCUT2D eigenvalue weighted by atomic mass is 15.3. The van der Waals surface area contributed by atoms with Crippen LogP contribution in [0.2, 0.25) is 0 Å². The van der Waals surface area contributed by atoms with Gasteiger partial charge in [-0.15, -0.1) is 0 Å². The molecule has 19 heavy (non-hydrogen) atoms. The molecule has 1 aromatic carbocycles. The maximum atomic E-state index is 6.52. The third-order valence-corrected chi connectivity index (χ3v) is 4.05. The van der Waals surface area contributed by atoms with Crippen molar-refractivity contribution in [3.05, 3.63) is 35.4 Å². The zero-order valence-electron chi connectivity index (χ0n) is 12.4. The minimum absolute atomic E-state index is 0.249. The molecule has 0 amide bonds. The van der Waals surface area contributed by atoms with Crippen LogP contribution < -0.4 is 11.1 Å². The summed E-state index contributed by atoms with van der Waals surface area (Å²) in [6, 6.07) is 8.91. The second kappa shape index (κ2) is 6.04. The van der Waals surface area contributed by atoms with Gasteiger partial charge >= 0.3 is 0 Å². The van der Waals surface area contributed by atoms with Crippen LogP contribution in [-0.4, -0.2) is 36.7 Å². The van der Waals surface area contributed by atoms with Gasteiger partial charge in [0.15, 0.2) is 0 Å². The van der Waals surface area contributed by atoms with Crippen molar-refractivity contribution in [3.8, 4) is 0 Å². The van der Waals surface area contributed by atoms with E-state index in [1.807, 2.05) is 0 Å². The average Bonchev–Trinajstić information content (AvgIpc) is 2.40. The normalized spacial score (nSPS) is 20.5. The molecule has 1 fully saturated rings. The van der Waals surface area contributed by atoms with Crippen molar-refractivity contribution in [1.82, 2.24) is 10.2 Å². The number of nitrogens with zero attached hydrogens (tertiary/aromatic N) is 1. The van der Waals surface area contributed by atoms with Crippen LogP contribution in [0.25, 0.3) is 0 Å². The monoisotopic (exact) mass is 261 g/mol. The van der Waals surface area contributed by atoms with Crippen LogP contribution >= 0.6 is 0 Å². The Labute approximate surface area is 117 Å². The summed E-state index contributed by atoms with van der Waals surface area (Å²) in [5.41, 5.74) is 8.99. The lowest BCUT2D eigenvalue weighted by Gasteiger charge is -2.41. The lowest BCUT2D eigenvalue weighted by molar-refractivity contribution is 0.0932.